The van der Waals surface area contributed by atoms with E-state index in [1.165, 1.54) is 5.56 Å². The van der Waals surface area contributed by atoms with Gasteiger partial charge in [-0.2, -0.15) is 0 Å². The molecule has 96 valence electrons. The van der Waals surface area contributed by atoms with E-state index in [9.17, 15) is 0 Å². The van der Waals surface area contributed by atoms with Crippen LogP contribution in [0.25, 0.3) is 11.0 Å². The normalized spacial score (nSPS) is 13.1. The smallest absolute Gasteiger partial charge is 0.0890 e. The molecule has 1 aromatic carbocycles. The van der Waals surface area contributed by atoms with Crippen molar-refractivity contribution in [2.24, 2.45) is 5.92 Å². The first-order chi connectivity index (χ1) is 8.70. The summed E-state index contributed by atoms with van der Waals surface area (Å²) >= 11 is 0. The second-order valence-corrected chi connectivity index (χ2v) is 5.04. The molecule has 1 N–H and O–H groups in total. The fraction of sp³-hybridized carbons (Fsp3) is 0.467. The molecule has 3 heteroatoms. The molecule has 0 bridgehead atoms. The molecule has 1 atom stereocenters. The van der Waals surface area contributed by atoms with Crippen molar-refractivity contribution in [3.63, 3.8) is 0 Å². The number of fused-ring (bicyclic) bond motifs is 1. The minimum Gasteiger partial charge on any atom is -0.310 e. The molecular formula is C15H21N3. The van der Waals surface area contributed by atoms with Gasteiger partial charge in [-0.15, -0.1) is 0 Å². The maximum absolute atomic E-state index is 4.37. The molecule has 0 saturated carbocycles. The van der Waals surface area contributed by atoms with Crippen LogP contribution in [0.1, 0.15) is 38.8 Å². The topological polar surface area (TPSA) is 37.8 Å². The van der Waals surface area contributed by atoms with Crippen molar-refractivity contribution in [1.29, 1.82) is 0 Å². The van der Waals surface area contributed by atoms with Crippen LogP contribution in [-0.2, 0) is 0 Å². The van der Waals surface area contributed by atoms with Crippen LogP contribution >= 0.6 is 0 Å². The van der Waals surface area contributed by atoms with Crippen LogP contribution in [0.2, 0.25) is 0 Å². The molecule has 1 heterocycles. The highest BCUT2D eigenvalue weighted by Gasteiger charge is 2.12. The zero-order valence-corrected chi connectivity index (χ0v) is 11.4. The van der Waals surface area contributed by atoms with Crippen LogP contribution in [0.4, 0.5) is 0 Å². The average Bonchev–Trinajstić information content (AvgIpc) is 2.37. The van der Waals surface area contributed by atoms with Crippen molar-refractivity contribution in [2.45, 2.75) is 33.2 Å². The van der Waals surface area contributed by atoms with E-state index in [1.807, 2.05) is 0 Å². The average molecular weight is 243 g/mol. The van der Waals surface area contributed by atoms with E-state index < -0.39 is 0 Å². The van der Waals surface area contributed by atoms with Gasteiger partial charge in [-0.05, 0) is 36.6 Å². The standard InChI is InChI=1S/C15H21N3/c1-4-16-14(9-11(2)3)12-5-6-13-15(10-12)18-8-7-17-13/h5-8,10-11,14,16H,4,9H2,1-3H3. The van der Waals surface area contributed by atoms with E-state index in [0.717, 1.165) is 24.0 Å². The second kappa shape index (κ2) is 5.91. The maximum atomic E-state index is 4.37. The minimum atomic E-state index is 0.404. The SMILES string of the molecule is CCNC(CC(C)C)c1ccc2nccnc2c1. The summed E-state index contributed by atoms with van der Waals surface area (Å²) in [6, 6.07) is 6.77. The monoisotopic (exact) mass is 243 g/mol. The van der Waals surface area contributed by atoms with Crippen molar-refractivity contribution in [2.75, 3.05) is 6.54 Å². The van der Waals surface area contributed by atoms with E-state index in [1.54, 1.807) is 12.4 Å². The van der Waals surface area contributed by atoms with Crippen molar-refractivity contribution < 1.29 is 0 Å². The summed E-state index contributed by atoms with van der Waals surface area (Å²) in [5, 5.41) is 3.55. The molecule has 1 unspecified atom stereocenters. The zero-order valence-electron chi connectivity index (χ0n) is 11.4. The van der Waals surface area contributed by atoms with E-state index in [-0.39, 0.29) is 0 Å². The van der Waals surface area contributed by atoms with Crippen LogP contribution in [0.15, 0.2) is 30.6 Å². The van der Waals surface area contributed by atoms with Gasteiger partial charge in [-0.3, -0.25) is 9.97 Å². The number of hydrogen-bond acceptors (Lipinski definition) is 3. The maximum Gasteiger partial charge on any atom is 0.0890 e. The molecule has 0 spiro atoms. The Bertz CT molecular complexity index is 508. The van der Waals surface area contributed by atoms with Gasteiger partial charge in [0.1, 0.15) is 0 Å². The predicted octanol–water partition coefficient (Wildman–Crippen LogP) is 3.33. The summed E-state index contributed by atoms with van der Waals surface area (Å²) in [5.74, 6) is 0.673. The largest absolute Gasteiger partial charge is 0.310 e. The lowest BCUT2D eigenvalue weighted by Crippen LogP contribution is -2.22. The number of nitrogens with zero attached hydrogens (tertiary/aromatic N) is 2. The Balaban J connectivity index is 2.31. The highest BCUT2D eigenvalue weighted by molar-refractivity contribution is 5.74. The number of hydrogen-bond donors (Lipinski definition) is 1. The Hall–Kier alpha value is -1.48. The Morgan fingerprint density at radius 1 is 1.11 bits per heavy atom. The van der Waals surface area contributed by atoms with Crippen molar-refractivity contribution in [3.05, 3.63) is 36.2 Å². The van der Waals surface area contributed by atoms with Gasteiger partial charge >= 0.3 is 0 Å². The van der Waals surface area contributed by atoms with E-state index in [2.05, 4.69) is 54.3 Å². The van der Waals surface area contributed by atoms with Crippen LogP contribution in [0.5, 0.6) is 0 Å². The van der Waals surface area contributed by atoms with Crippen molar-refractivity contribution in [3.8, 4) is 0 Å². The highest BCUT2D eigenvalue weighted by atomic mass is 14.9. The lowest BCUT2D eigenvalue weighted by atomic mass is 9.96. The van der Waals surface area contributed by atoms with Crippen LogP contribution < -0.4 is 5.32 Å². The molecule has 0 fully saturated rings. The fourth-order valence-electron chi connectivity index (χ4n) is 2.25. The quantitative estimate of drug-likeness (QED) is 0.875. The van der Waals surface area contributed by atoms with Crippen LogP contribution in [-0.4, -0.2) is 16.5 Å². The minimum absolute atomic E-state index is 0.404. The van der Waals surface area contributed by atoms with Crippen LogP contribution in [0, 0.1) is 5.92 Å². The third-order valence-corrected chi connectivity index (χ3v) is 3.05. The molecule has 2 rings (SSSR count). The Morgan fingerprint density at radius 2 is 1.83 bits per heavy atom. The summed E-state index contributed by atoms with van der Waals surface area (Å²) in [6.07, 6.45) is 4.62. The third kappa shape index (κ3) is 3.05. The molecule has 1 aromatic heterocycles. The Kier molecular flexibility index (Phi) is 4.26. The molecule has 0 amide bonds. The van der Waals surface area contributed by atoms with Gasteiger partial charge in [0.05, 0.1) is 11.0 Å². The number of aromatic nitrogens is 2. The third-order valence-electron chi connectivity index (χ3n) is 3.05. The molecule has 0 aliphatic rings. The van der Waals surface area contributed by atoms with Gasteiger partial charge < -0.3 is 5.32 Å². The highest BCUT2D eigenvalue weighted by Crippen LogP contribution is 2.23. The molecule has 18 heavy (non-hydrogen) atoms. The first kappa shape index (κ1) is 13.0. The fourth-order valence-corrected chi connectivity index (χ4v) is 2.25. The molecule has 0 radical (unpaired) electrons. The van der Waals surface area contributed by atoms with Crippen molar-refractivity contribution >= 4 is 11.0 Å². The van der Waals surface area contributed by atoms with Gasteiger partial charge in [0.25, 0.3) is 0 Å². The Labute approximate surface area is 109 Å². The second-order valence-electron chi connectivity index (χ2n) is 5.04. The molecule has 2 aromatic rings. The molecule has 0 saturated heterocycles. The number of rotatable bonds is 5. The molecule has 0 aliphatic carbocycles. The molecular weight excluding hydrogens is 222 g/mol. The van der Waals surface area contributed by atoms with Crippen LogP contribution in [0.3, 0.4) is 0 Å². The van der Waals surface area contributed by atoms with Gasteiger partial charge in [0.2, 0.25) is 0 Å². The van der Waals surface area contributed by atoms with Gasteiger partial charge in [-0.25, -0.2) is 0 Å². The van der Waals surface area contributed by atoms with E-state index in [0.29, 0.717) is 12.0 Å². The van der Waals surface area contributed by atoms with E-state index in [4.69, 9.17) is 0 Å². The van der Waals surface area contributed by atoms with Crippen molar-refractivity contribution in [1.82, 2.24) is 15.3 Å². The summed E-state index contributed by atoms with van der Waals surface area (Å²) in [5.41, 5.74) is 3.24. The Morgan fingerprint density at radius 3 is 2.50 bits per heavy atom. The molecule has 0 aliphatic heterocycles. The van der Waals surface area contributed by atoms with Gasteiger partial charge in [0, 0.05) is 18.4 Å². The number of benzene rings is 1. The zero-order chi connectivity index (χ0) is 13.0. The first-order valence-corrected chi connectivity index (χ1v) is 6.64. The summed E-state index contributed by atoms with van der Waals surface area (Å²) in [4.78, 5) is 8.68. The lowest BCUT2D eigenvalue weighted by molar-refractivity contribution is 0.439. The molecule has 3 nitrogen and oxygen atoms in total. The summed E-state index contributed by atoms with van der Waals surface area (Å²) in [6.45, 7) is 7.64. The lowest BCUT2D eigenvalue weighted by Gasteiger charge is -2.20. The number of nitrogens with one attached hydrogen (secondary N) is 1. The summed E-state index contributed by atoms with van der Waals surface area (Å²) in [7, 11) is 0. The van der Waals surface area contributed by atoms with E-state index >= 15 is 0 Å². The predicted molar refractivity (Wildman–Crippen MR) is 75.4 cm³/mol. The van der Waals surface area contributed by atoms with Gasteiger partial charge in [0.15, 0.2) is 0 Å². The van der Waals surface area contributed by atoms with Gasteiger partial charge in [-0.1, -0.05) is 26.8 Å². The first-order valence-electron chi connectivity index (χ1n) is 6.64. The summed E-state index contributed by atoms with van der Waals surface area (Å²) < 4.78 is 0.